The van der Waals surface area contributed by atoms with Gasteiger partial charge in [0, 0.05) is 5.54 Å². The number of fused-ring (bicyclic) bond motifs is 1. The van der Waals surface area contributed by atoms with Gasteiger partial charge in [0.05, 0.1) is 30.0 Å². The molecule has 2 aromatic rings. The van der Waals surface area contributed by atoms with Gasteiger partial charge in [-0.2, -0.15) is 0 Å². The highest BCUT2D eigenvalue weighted by molar-refractivity contribution is 5.93. The van der Waals surface area contributed by atoms with Crippen LogP contribution in [0.15, 0.2) is 24.5 Å². The average Bonchev–Trinajstić information content (AvgIpc) is 2.70. The number of hydrogen-bond acceptors (Lipinski definition) is 3. The molecule has 0 fully saturated rings. The van der Waals surface area contributed by atoms with E-state index < -0.39 is 0 Å². The summed E-state index contributed by atoms with van der Waals surface area (Å²) in [4.78, 5) is 15.8. The fourth-order valence-electron chi connectivity index (χ4n) is 1.79. The van der Waals surface area contributed by atoms with Gasteiger partial charge in [0.15, 0.2) is 0 Å². The molecule has 1 aromatic carbocycles. The van der Waals surface area contributed by atoms with E-state index in [-0.39, 0.29) is 11.5 Å². The first-order chi connectivity index (χ1) is 7.93. The van der Waals surface area contributed by atoms with Crippen LogP contribution in [0.2, 0.25) is 0 Å². The molecule has 0 aliphatic heterocycles. The lowest BCUT2D eigenvalue weighted by Crippen LogP contribution is -2.20. The molecule has 0 radical (unpaired) electrons. The Balaban J connectivity index is 2.62. The van der Waals surface area contributed by atoms with Gasteiger partial charge in [0.1, 0.15) is 0 Å². The standard InChI is InChI=1S/C13H16N2O2/c1-13(2,3)15-8-14-10-6-5-9(7-11(10)15)12(16)17-4/h5-8H,1-4H3. The smallest absolute Gasteiger partial charge is 0.337 e. The van der Waals surface area contributed by atoms with E-state index in [0.717, 1.165) is 11.0 Å². The minimum absolute atomic E-state index is 0.0660. The number of hydrogen-bond donors (Lipinski definition) is 0. The number of ether oxygens (including phenoxy) is 1. The van der Waals surface area contributed by atoms with Gasteiger partial charge < -0.3 is 9.30 Å². The Labute approximate surface area is 100 Å². The van der Waals surface area contributed by atoms with E-state index in [2.05, 4.69) is 30.3 Å². The second-order valence-corrected chi connectivity index (χ2v) is 4.98. The van der Waals surface area contributed by atoms with E-state index in [0.29, 0.717) is 5.56 Å². The summed E-state index contributed by atoms with van der Waals surface area (Å²) in [5.74, 6) is -0.325. The minimum Gasteiger partial charge on any atom is -0.465 e. The van der Waals surface area contributed by atoms with Crippen molar-refractivity contribution in [2.75, 3.05) is 7.11 Å². The SMILES string of the molecule is COC(=O)c1ccc2ncn(C(C)(C)C)c2c1. The molecule has 1 aromatic heterocycles. The molecule has 2 rings (SSSR count). The maximum absolute atomic E-state index is 11.5. The molecule has 4 heteroatoms. The van der Waals surface area contributed by atoms with Gasteiger partial charge in [0.2, 0.25) is 0 Å². The van der Waals surface area contributed by atoms with Crippen LogP contribution in [-0.2, 0) is 10.3 Å². The van der Waals surface area contributed by atoms with Crippen LogP contribution in [0.25, 0.3) is 11.0 Å². The Morgan fingerprint density at radius 3 is 2.65 bits per heavy atom. The number of benzene rings is 1. The molecule has 0 atom stereocenters. The molecule has 0 aliphatic rings. The summed E-state index contributed by atoms with van der Waals surface area (Å²) in [6.45, 7) is 6.29. The van der Waals surface area contributed by atoms with E-state index in [1.54, 1.807) is 12.4 Å². The largest absolute Gasteiger partial charge is 0.465 e. The van der Waals surface area contributed by atoms with Gasteiger partial charge in [-0.05, 0) is 39.0 Å². The number of methoxy groups -OCH3 is 1. The Kier molecular flexibility index (Phi) is 2.65. The highest BCUT2D eigenvalue weighted by atomic mass is 16.5. The molecule has 1 heterocycles. The lowest BCUT2D eigenvalue weighted by atomic mass is 10.1. The topological polar surface area (TPSA) is 44.1 Å². The van der Waals surface area contributed by atoms with Crippen molar-refractivity contribution < 1.29 is 9.53 Å². The summed E-state index contributed by atoms with van der Waals surface area (Å²) >= 11 is 0. The van der Waals surface area contributed by atoms with Gasteiger partial charge in [-0.3, -0.25) is 0 Å². The summed E-state index contributed by atoms with van der Waals surface area (Å²) < 4.78 is 6.77. The van der Waals surface area contributed by atoms with E-state index in [4.69, 9.17) is 4.74 Å². The number of aromatic nitrogens is 2. The molecule has 0 amide bonds. The molecule has 0 unspecified atom stereocenters. The third kappa shape index (κ3) is 2.02. The molecule has 0 N–H and O–H groups in total. The van der Waals surface area contributed by atoms with Gasteiger partial charge in [-0.25, -0.2) is 9.78 Å². The van der Waals surface area contributed by atoms with Gasteiger partial charge >= 0.3 is 5.97 Å². The second-order valence-electron chi connectivity index (χ2n) is 4.98. The Bertz CT molecular complexity index is 564. The third-order valence-electron chi connectivity index (χ3n) is 2.69. The number of carbonyl (C=O) groups is 1. The molecular weight excluding hydrogens is 216 g/mol. The van der Waals surface area contributed by atoms with Crippen molar-refractivity contribution in [1.82, 2.24) is 9.55 Å². The van der Waals surface area contributed by atoms with Crippen molar-refractivity contribution in [1.29, 1.82) is 0 Å². The van der Waals surface area contributed by atoms with Crippen molar-refractivity contribution in [3.8, 4) is 0 Å². The highest BCUT2D eigenvalue weighted by Gasteiger charge is 2.17. The number of nitrogens with zero attached hydrogens (tertiary/aromatic N) is 2. The van der Waals surface area contributed by atoms with Crippen molar-refractivity contribution in [3.05, 3.63) is 30.1 Å². The van der Waals surface area contributed by atoms with Crippen LogP contribution >= 0.6 is 0 Å². The monoisotopic (exact) mass is 232 g/mol. The lowest BCUT2D eigenvalue weighted by Gasteiger charge is -2.21. The molecule has 90 valence electrons. The fourth-order valence-corrected chi connectivity index (χ4v) is 1.79. The highest BCUT2D eigenvalue weighted by Crippen LogP contribution is 2.22. The van der Waals surface area contributed by atoms with Crippen LogP contribution in [0, 0.1) is 0 Å². The summed E-state index contributed by atoms with van der Waals surface area (Å²) in [5.41, 5.74) is 2.31. The molecule has 17 heavy (non-hydrogen) atoms. The Morgan fingerprint density at radius 1 is 1.35 bits per heavy atom. The zero-order chi connectivity index (χ0) is 12.6. The second kappa shape index (κ2) is 3.87. The van der Waals surface area contributed by atoms with Gasteiger partial charge in [-0.1, -0.05) is 0 Å². The molecule has 0 aliphatic carbocycles. The third-order valence-corrected chi connectivity index (χ3v) is 2.69. The zero-order valence-electron chi connectivity index (χ0n) is 10.5. The van der Waals surface area contributed by atoms with Crippen LogP contribution in [0.1, 0.15) is 31.1 Å². The van der Waals surface area contributed by atoms with E-state index in [9.17, 15) is 4.79 Å². The summed E-state index contributed by atoms with van der Waals surface area (Å²) in [6.07, 6.45) is 1.80. The van der Waals surface area contributed by atoms with Crippen molar-refractivity contribution >= 4 is 17.0 Å². The zero-order valence-corrected chi connectivity index (χ0v) is 10.5. The Morgan fingerprint density at radius 2 is 2.06 bits per heavy atom. The van der Waals surface area contributed by atoms with Crippen LogP contribution in [-0.4, -0.2) is 22.6 Å². The van der Waals surface area contributed by atoms with Crippen LogP contribution in [0.3, 0.4) is 0 Å². The predicted molar refractivity (Wildman–Crippen MR) is 66.1 cm³/mol. The number of imidazole rings is 1. The average molecular weight is 232 g/mol. The van der Waals surface area contributed by atoms with Crippen LogP contribution in [0.4, 0.5) is 0 Å². The number of rotatable bonds is 1. The van der Waals surface area contributed by atoms with Crippen molar-refractivity contribution in [3.63, 3.8) is 0 Å². The summed E-state index contributed by atoms with van der Waals surface area (Å²) in [5, 5.41) is 0. The van der Waals surface area contributed by atoms with Crippen molar-refractivity contribution in [2.45, 2.75) is 26.3 Å². The molecule has 4 nitrogen and oxygen atoms in total. The molecule has 0 saturated heterocycles. The van der Waals surface area contributed by atoms with Crippen LogP contribution in [0.5, 0.6) is 0 Å². The van der Waals surface area contributed by atoms with E-state index in [1.165, 1.54) is 7.11 Å². The predicted octanol–water partition coefficient (Wildman–Crippen LogP) is 2.58. The van der Waals surface area contributed by atoms with E-state index >= 15 is 0 Å². The maximum Gasteiger partial charge on any atom is 0.337 e. The summed E-state index contributed by atoms with van der Waals surface area (Å²) in [7, 11) is 1.38. The van der Waals surface area contributed by atoms with E-state index in [1.807, 2.05) is 12.1 Å². The summed E-state index contributed by atoms with van der Waals surface area (Å²) in [6, 6.07) is 5.39. The van der Waals surface area contributed by atoms with Gasteiger partial charge in [0.25, 0.3) is 0 Å². The first-order valence-electron chi connectivity index (χ1n) is 5.49. The molecular formula is C13H16N2O2. The quantitative estimate of drug-likeness (QED) is 0.710. The van der Waals surface area contributed by atoms with Crippen molar-refractivity contribution in [2.24, 2.45) is 0 Å². The molecule has 0 bridgehead atoms. The van der Waals surface area contributed by atoms with Gasteiger partial charge in [-0.15, -0.1) is 0 Å². The number of carbonyl (C=O) groups excluding carboxylic acids is 1. The normalized spacial score (nSPS) is 11.8. The first-order valence-corrected chi connectivity index (χ1v) is 5.49. The Hall–Kier alpha value is -1.84. The minimum atomic E-state index is -0.325. The number of esters is 1. The molecule has 0 spiro atoms. The van der Waals surface area contributed by atoms with Crippen LogP contribution < -0.4 is 0 Å². The lowest BCUT2D eigenvalue weighted by molar-refractivity contribution is 0.0601. The molecule has 0 saturated carbocycles. The first kappa shape index (κ1) is 11.6. The maximum atomic E-state index is 11.5. The fraction of sp³-hybridized carbons (Fsp3) is 0.385.